The summed E-state index contributed by atoms with van der Waals surface area (Å²) < 4.78 is 107. The minimum absolute atomic E-state index is 0.371. The summed E-state index contributed by atoms with van der Waals surface area (Å²) in [5.41, 5.74) is -4.43. The van der Waals surface area contributed by atoms with Gasteiger partial charge < -0.3 is 4.74 Å². The average molecular weight is 296 g/mol. The van der Waals surface area contributed by atoms with E-state index in [-0.39, 0.29) is 6.61 Å². The van der Waals surface area contributed by atoms with Gasteiger partial charge in [-0.25, -0.2) is 0 Å². The predicted octanol–water partition coefficient (Wildman–Crippen LogP) is 4.37. The van der Waals surface area contributed by atoms with Crippen molar-refractivity contribution >= 4 is 0 Å². The minimum atomic E-state index is -5.43. The molecular weight excluding hydrogens is 288 g/mol. The van der Waals surface area contributed by atoms with E-state index < -0.39 is 47.7 Å². The lowest BCUT2D eigenvalue weighted by Crippen LogP contribution is -2.52. The Morgan fingerprint density at radius 1 is 1.05 bits per heavy atom. The lowest BCUT2D eigenvalue weighted by molar-refractivity contribution is -0.189. The van der Waals surface area contributed by atoms with Crippen LogP contribution in [-0.2, 0) is 4.74 Å². The van der Waals surface area contributed by atoms with Gasteiger partial charge in [0.2, 0.25) is 0 Å². The molecule has 1 unspecified atom stereocenters. The van der Waals surface area contributed by atoms with Gasteiger partial charge in [-0.05, 0) is 6.92 Å². The van der Waals surface area contributed by atoms with E-state index in [4.69, 9.17) is 0 Å². The van der Waals surface area contributed by atoms with Crippen molar-refractivity contribution < 1.29 is 39.9 Å². The molecule has 0 saturated heterocycles. The van der Waals surface area contributed by atoms with Crippen molar-refractivity contribution in [1.82, 2.24) is 0 Å². The van der Waals surface area contributed by atoms with Crippen LogP contribution in [0.3, 0.4) is 0 Å². The maximum atomic E-state index is 13.3. The highest BCUT2D eigenvalue weighted by atomic mass is 19.3. The Morgan fingerprint density at radius 2 is 1.58 bits per heavy atom. The summed E-state index contributed by atoms with van der Waals surface area (Å²) in [4.78, 5) is 0. The maximum absolute atomic E-state index is 13.3. The number of hydrogen-bond acceptors (Lipinski definition) is 1. The third-order valence-corrected chi connectivity index (χ3v) is 2.62. The fourth-order valence-electron chi connectivity index (χ4n) is 1.76. The molecule has 0 bridgehead atoms. The summed E-state index contributed by atoms with van der Waals surface area (Å²) >= 11 is 0. The molecule has 1 aliphatic rings. The Labute approximate surface area is 102 Å². The van der Waals surface area contributed by atoms with Crippen molar-refractivity contribution in [2.75, 3.05) is 6.61 Å². The van der Waals surface area contributed by atoms with Crippen LogP contribution in [0.2, 0.25) is 0 Å². The lowest BCUT2D eigenvalue weighted by Gasteiger charge is -2.38. The van der Waals surface area contributed by atoms with Gasteiger partial charge in [-0.3, -0.25) is 0 Å². The van der Waals surface area contributed by atoms with Crippen LogP contribution in [0.4, 0.5) is 35.1 Å². The van der Waals surface area contributed by atoms with Crippen LogP contribution in [0.5, 0.6) is 0 Å². The summed E-state index contributed by atoms with van der Waals surface area (Å²) in [5, 5.41) is 0. The maximum Gasteiger partial charge on any atom is 0.343 e. The summed E-state index contributed by atoms with van der Waals surface area (Å²) in [5.74, 6) is -10.8. The Hall–Kier alpha value is -1.12. The lowest BCUT2D eigenvalue weighted by atomic mass is 9.82. The van der Waals surface area contributed by atoms with Crippen molar-refractivity contribution in [2.24, 2.45) is 0 Å². The van der Waals surface area contributed by atoms with Crippen LogP contribution in [0.1, 0.15) is 13.3 Å². The van der Waals surface area contributed by atoms with Crippen LogP contribution in [0.25, 0.3) is 0 Å². The first kappa shape index (κ1) is 15.9. The van der Waals surface area contributed by atoms with E-state index in [2.05, 4.69) is 4.74 Å². The van der Waals surface area contributed by atoms with Crippen LogP contribution in [0.15, 0.2) is 23.3 Å². The zero-order chi connectivity index (χ0) is 15.0. The zero-order valence-corrected chi connectivity index (χ0v) is 9.42. The molecule has 0 N–H and O–H groups in total. The summed E-state index contributed by atoms with van der Waals surface area (Å²) in [6.07, 6.45) is -9.69. The van der Waals surface area contributed by atoms with Gasteiger partial charge in [0.15, 0.2) is 0 Å². The minimum Gasteiger partial charge on any atom is -0.373 e. The Balaban J connectivity index is 3.46. The first-order chi connectivity index (χ1) is 8.57. The molecule has 0 aromatic rings. The molecule has 9 heteroatoms. The fraction of sp³-hybridized carbons (Fsp3) is 0.600. The quantitative estimate of drug-likeness (QED) is 0.688. The number of hydrogen-bond donors (Lipinski definition) is 0. The Morgan fingerprint density at radius 3 is 1.95 bits per heavy atom. The highest BCUT2D eigenvalue weighted by molar-refractivity contribution is 5.37. The molecule has 1 rings (SSSR count). The highest BCUT2D eigenvalue weighted by Crippen LogP contribution is 2.54. The predicted molar refractivity (Wildman–Crippen MR) is 48.4 cm³/mol. The second kappa shape index (κ2) is 5.10. The molecule has 1 aliphatic carbocycles. The fourth-order valence-corrected chi connectivity index (χ4v) is 1.76. The number of rotatable bonds is 2. The van der Waals surface area contributed by atoms with Gasteiger partial charge in [0, 0.05) is 13.0 Å². The van der Waals surface area contributed by atoms with Crippen LogP contribution in [-0.4, -0.2) is 24.6 Å². The Kier molecular flexibility index (Phi) is 4.28. The number of halogens is 8. The van der Waals surface area contributed by atoms with Gasteiger partial charge in [-0.2, -0.15) is 35.1 Å². The van der Waals surface area contributed by atoms with E-state index in [9.17, 15) is 35.1 Å². The van der Waals surface area contributed by atoms with E-state index in [1.54, 1.807) is 0 Å². The second-order valence-corrected chi connectivity index (χ2v) is 3.71. The van der Waals surface area contributed by atoms with Crippen molar-refractivity contribution in [3.05, 3.63) is 23.3 Å². The molecule has 1 saturated carbocycles. The zero-order valence-electron chi connectivity index (χ0n) is 9.42. The summed E-state index contributed by atoms with van der Waals surface area (Å²) in [6, 6.07) is 0. The van der Waals surface area contributed by atoms with E-state index in [0.29, 0.717) is 0 Å². The summed E-state index contributed by atoms with van der Waals surface area (Å²) in [7, 11) is 0. The smallest absolute Gasteiger partial charge is 0.343 e. The molecule has 1 nitrogen and oxygen atoms in total. The summed E-state index contributed by atoms with van der Waals surface area (Å²) in [6.45, 7) is 0.859. The molecule has 0 radical (unpaired) electrons. The third-order valence-electron chi connectivity index (χ3n) is 2.62. The van der Waals surface area contributed by atoms with Crippen molar-refractivity contribution in [2.45, 2.75) is 31.3 Å². The molecule has 19 heavy (non-hydrogen) atoms. The van der Waals surface area contributed by atoms with Crippen LogP contribution < -0.4 is 0 Å². The molecule has 110 valence electrons. The van der Waals surface area contributed by atoms with Gasteiger partial charge in [0.1, 0.15) is 0 Å². The van der Waals surface area contributed by atoms with Crippen molar-refractivity contribution in [3.63, 3.8) is 0 Å². The monoisotopic (exact) mass is 296 g/mol. The van der Waals surface area contributed by atoms with Crippen LogP contribution >= 0.6 is 0 Å². The number of alkyl halides is 4. The van der Waals surface area contributed by atoms with Gasteiger partial charge in [-0.1, -0.05) is 0 Å². The standard InChI is InChI=1S/C10H8F8O/c1-2-19-5-3-4(7(11)12)9(15,16)10(17,18)6(5)8(13)14/h5H,2-3H2,1H3. The highest BCUT2D eigenvalue weighted by Gasteiger charge is 2.68. The average Bonchev–Trinajstić information content (AvgIpc) is 2.22. The molecule has 1 atom stereocenters. The van der Waals surface area contributed by atoms with Gasteiger partial charge in [0.25, 0.3) is 12.2 Å². The second-order valence-electron chi connectivity index (χ2n) is 3.71. The van der Waals surface area contributed by atoms with Crippen LogP contribution in [0, 0.1) is 0 Å². The van der Waals surface area contributed by atoms with E-state index in [0.717, 1.165) is 0 Å². The molecule has 0 aromatic heterocycles. The van der Waals surface area contributed by atoms with Gasteiger partial charge in [0.05, 0.1) is 17.3 Å². The van der Waals surface area contributed by atoms with Gasteiger partial charge in [-0.15, -0.1) is 0 Å². The molecule has 0 heterocycles. The van der Waals surface area contributed by atoms with Crippen molar-refractivity contribution in [1.29, 1.82) is 0 Å². The number of ether oxygens (including phenoxy) is 1. The van der Waals surface area contributed by atoms with Gasteiger partial charge >= 0.3 is 11.8 Å². The van der Waals surface area contributed by atoms with E-state index in [1.807, 2.05) is 0 Å². The molecular formula is C10H8F8O. The molecule has 1 fully saturated rings. The van der Waals surface area contributed by atoms with E-state index in [1.165, 1.54) is 6.92 Å². The SMILES string of the molecule is CCOC1CC(=C(F)F)C(F)(F)C(F)(F)C1=C(F)F. The first-order valence-electron chi connectivity index (χ1n) is 5.04. The Bertz CT molecular complexity index is 417. The first-order valence-corrected chi connectivity index (χ1v) is 5.04. The van der Waals surface area contributed by atoms with E-state index >= 15 is 0 Å². The topological polar surface area (TPSA) is 9.23 Å². The molecule has 0 aliphatic heterocycles. The third kappa shape index (κ3) is 2.47. The molecule has 0 spiro atoms. The van der Waals surface area contributed by atoms with Crippen molar-refractivity contribution in [3.8, 4) is 0 Å². The largest absolute Gasteiger partial charge is 0.373 e. The normalized spacial score (nSPS) is 25.4. The molecule has 0 aromatic carbocycles. The molecule has 0 amide bonds.